The Morgan fingerprint density at radius 1 is 1.36 bits per heavy atom. The van der Waals surface area contributed by atoms with E-state index in [-0.39, 0.29) is 0 Å². The normalized spacial score (nSPS) is 21.7. The Morgan fingerprint density at radius 3 is 2.91 bits per heavy atom. The number of hydrogen-bond acceptors (Lipinski definition) is 1. The molecule has 1 aromatic carbocycles. The van der Waals surface area contributed by atoms with Gasteiger partial charge in [-0.2, -0.15) is 0 Å². The van der Waals surface area contributed by atoms with Crippen LogP contribution in [0.4, 0.5) is 0 Å². The molecule has 1 heterocycles. The molecule has 1 aliphatic rings. The first kappa shape index (κ1) is 7.20. The third kappa shape index (κ3) is 1.17. The van der Waals surface area contributed by atoms with E-state index < -0.39 is 13.8 Å². The molecule has 1 atom stereocenters. The molecule has 0 saturated carbocycles. The molecule has 0 radical (unpaired) electrons. The molecule has 0 amide bonds. The summed E-state index contributed by atoms with van der Waals surface area (Å²) in [6.07, 6.45) is 0. The fourth-order valence-electron chi connectivity index (χ4n) is 1.49. The average molecular weight is 213 g/mol. The molecule has 0 saturated heterocycles. The summed E-state index contributed by atoms with van der Waals surface area (Å²) in [5.74, 6) is 0. The summed E-state index contributed by atoms with van der Waals surface area (Å²) >= 11 is -1.49. The van der Waals surface area contributed by atoms with Gasteiger partial charge in [0.2, 0.25) is 0 Å². The van der Waals surface area contributed by atoms with E-state index in [9.17, 15) is 3.83 Å². The summed E-state index contributed by atoms with van der Waals surface area (Å²) in [5.41, 5.74) is 3.99. The Morgan fingerprint density at radius 2 is 2.18 bits per heavy atom. The third-order valence-corrected chi connectivity index (χ3v) is 4.74. The quantitative estimate of drug-likeness (QED) is 0.598. The third-order valence-electron chi connectivity index (χ3n) is 2.13. The molecular formula is C9H10OSe. The molecular weight excluding hydrogens is 203 g/mol. The number of fused-ring (bicyclic) bond motifs is 1. The van der Waals surface area contributed by atoms with E-state index >= 15 is 0 Å². The molecule has 1 nitrogen and oxygen atoms in total. The predicted octanol–water partition coefficient (Wildman–Crippen LogP) is 1.59. The summed E-state index contributed by atoms with van der Waals surface area (Å²) in [4.78, 5) is 0. The van der Waals surface area contributed by atoms with Gasteiger partial charge in [0, 0.05) is 0 Å². The van der Waals surface area contributed by atoms with E-state index in [4.69, 9.17) is 0 Å². The van der Waals surface area contributed by atoms with Crippen LogP contribution in [0.15, 0.2) is 18.2 Å². The van der Waals surface area contributed by atoms with Crippen LogP contribution < -0.4 is 0 Å². The van der Waals surface area contributed by atoms with E-state index in [1.807, 2.05) is 0 Å². The second-order valence-electron chi connectivity index (χ2n) is 2.94. The Bertz CT molecular complexity index is 317. The van der Waals surface area contributed by atoms with E-state index in [0.717, 1.165) is 10.6 Å². The number of rotatable bonds is 0. The van der Waals surface area contributed by atoms with Crippen molar-refractivity contribution >= 4 is 13.8 Å². The molecule has 0 bridgehead atoms. The molecule has 2 rings (SSSR count). The van der Waals surface area contributed by atoms with Gasteiger partial charge in [-0.25, -0.2) is 0 Å². The van der Waals surface area contributed by atoms with Crippen molar-refractivity contribution in [3.8, 4) is 0 Å². The Labute approximate surface area is 70.5 Å². The van der Waals surface area contributed by atoms with E-state index in [1.54, 1.807) is 0 Å². The molecule has 1 aliphatic heterocycles. The van der Waals surface area contributed by atoms with E-state index in [1.165, 1.54) is 16.7 Å². The average Bonchev–Trinajstić information content (AvgIpc) is 2.31. The van der Waals surface area contributed by atoms with Crippen LogP contribution in [0.3, 0.4) is 0 Å². The van der Waals surface area contributed by atoms with Crippen molar-refractivity contribution in [3.63, 3.8) is 0 Å². The second-order valence-corrected chi connectivity index (χ2v) is 6.00. The fraction of sp³-hybridized carbons (Fsp3) is 0.333. The minimum atomic E-state index is -1.49. The first-order chi connectivity index (χ1) is 5.27. The van der Waals surface area contributed by atoms with Crippen LogP contribution in [-0.4, -0.2) is 13.8 Å². The number of benzene rings is 1. The topological polar surface area (TPSA) is 17.1 Å². The second kappa shape index (κ2) is 2.54. The number of aryl methyl sites for hydroxylation is 1. The van der Waals surface area contributed by atoms with Crippen molar-refractivity contribution in [2.45, 2.75) is 17.6 Å². The van der Waals surface area contributed by atoms with E-state index in [2.05, 4.69) is 25.1 Å². The van der Waals surface area contributed by atoms with Crippen molar-refractivity contribution in [2.24, 2.45) is 0 Å². The summed E-state index contributed by atoms with van der Waals surface area (Å²) in [7, 11) is 0. The number of hydrogen-bond donors (Lipinski definition) is 0. The Balaban J connectivity index is 2.57. The molecule has 1 aromatic rings. The Hall–Kier alpha value is -0.461. The van der Waals surface area contributed by atoms with Crippen LogP contribution in [0.1, 0.15) is 16.7 Å². The molecule has 0 aromatic heterocycles. The van der Waals surface area contributed by atoms with Gasteiger partial charge in [-0.15, -0.1) is 0 Å². The van der Waals surface area contributed by atoms with Gasteiger partial charge < -0.3 is 0 Å². The van der Waals surface area contributed by atoms with Gasteiger partial charge >= 0.3 is 70.1 Å². The van der Waals surface area contributed by atoms with Crippen LogP contribution in [-0.2, 0) is 14.5 Å². The van der Waals surface area contributed by atoms with Crippen LogP contribution in [0, 0.1) is 6.92 Å². The van der Waals surface area contributed by atoms with Gasteiger partial charge in [0.1, 0.15) is 0 Å². The van der Waals surface area contributed by atoms with Crippen LogP contribution in [0.2, 0.25) is 0 Å². The fourth-order valence-corrected chi connectivity index (χ4v) is 4.54. The molecule has 11 heavy (non-hydrogen) atoms. The maximum absolute atomic E-state index is 11.3. The molecule has 0 fully saturated rings. The molecule has 2 heteroatoms. The van der Waals surface area contributed by atoms with Crippen molar-refractivity contribution in [3.05, 3.63) is 34.9 Å². The van der Waals surface area contributed by atoms with Crippen LogP contribution >= 0.6 is 0 Å². The van der Waals surface area contributed by atoms with Gasteiger partial charge in [-0.05, 0) is 0 Å². The minimum absolute atomic E-state index is 0.858. The van der Waals surface area contributed by atoms with Gasteiger partial charge in [0.15, 0.2) is 0 Å². The first-order valence-corrected chi connectivity index (χ1v) is 6.82. The van der Waals surface area contributed by atoms with Crippen molar-refractivity contribution < 1.29 is 3.83 Å². The van der Waals surface area contributed by atoms with Crippen LogP contribution in [0.25, 0.3) is 0 Å². The molecule has 1 unspecified atom stereocenters. The SMILES string of the molecule is Cc1cccc2c1C[Se](=O)C2. The molecule has 58 valence electrons. The predicted molar refractivity (Wildman–Crippen MR) is 45.0 cm³/mol. The monoisotopic (exact) mass is 214 g/mol. The first-order valence-electron chi connectivity index (χ1n) is 3.70. The van der Waals surface area contributed by atoms with Crippen LogP contribution in [0.5, 0.6) is 0 Å². The molecule has 0 aliphatic carbocycles. The zero-order valence-electron chi connectivity index (χ0n) is 6.46. The van der Waals surface area contributed by atoms with Crippen molar-refractivity contribution in [1.29, 1.82) is 0 Å². The van der Waals surface area contributed by atoms with E-state index in [0.29, 0.717) is 0 Å². The van der Waals surface area contributed by atoms with Gasteiger partial charge in [0.05, 0.1) is 0 Å². The summed E-state index contributed by atoms with van der Waals surface area (Å²) in [6, 6.07) is 6.26. The standard InChI is InChI=1S/C9H10OSe/c1-7-3-2-4-8-5-11(10)6-9(7)8/h2-4H,5-6H2,1H3. The van der Waals surface area contributed by atoms with Gasteiger partial charge in [-0.1, -0.05) is 0 Å². The summed E-state index contributed by atoms with van der Waals surface area (Å²) in [6.45, 7) is 2.10. The van der Waals surface area contributed by atoms with Crippen molar-refractivity contribution in [1.82, 2.24) is 0 Å². The Kier molecular flexibility index (Phi) is 1.67. The summed E-state index contributed by atoms with van der Waals surface area (Å²) < 4.78 is 11.3. The maximum atomic E-state index is 11.3. The van der Waals surface area contributed by atoms with Gasteiger partial charge in [-0.3, -0.25) is 0 Å². The zero-order chi connectivity index (χ0) is 7.84. The van der Waals surface area contributed by atoms with Crippen molar-refractivity contribution in [2.75, 3.05) is 0 Å². The molecule has 0 N–H and O–H groups in total. The summed E-state index contributed by atoms with van der Waals surface area (Å²) in [5, 5.41) is 1.72. The van der Waals surface area contributed by atoms with Gasteiger partial charge in [0.25, 0.3) is 0 Å². The zero-order valence-corrected chi connectivity index (χ0v) is 8.18. The molecule has 0 spiro atoms.